The third-order valence-corrected chi connectivity index (χ3v) is 2.58. The highest BCUT2D eigenvalue weighted by Gasteiger charge is 2.34. The van der Waals surface area contributed by atoms with Crippen LogP contribution in [-0.2, 0) is 12.8 Å². The summed E-state index contributed by atoms with van der Waals surface area (Å²) in [5.41, 5.74) is -0.727. The third-order valence-electron chi connectivity index (χ3n) is 2.58. The number of aliphatic hydroxyl groups is 1. The van der Waals surface area contributed by atoms with Gasteiger partial charge in [0.1, 0.15) is 17.3 Å². The van der Waals surface area contributed by atoms with Crippen molar-refractivity contribution in [2.75, 3.05) is 0 Å². The summed E-state index contributed by atoms with van der Waals surface area (Å²) in [6.45, 7) is -0.144. The molecule has 0 aromatic heterocycles. The molecule has 2 rings (SSSR count). The van der Waals surface area contributed by atoms with Gasteiger partial charge >= 0.3 is 6.18 Å². The number of alkyl halides is 3. The molecule has 20 heavy (non-hydrogen) atoms. The predicted octanol–water partition coefficient (Wildman–Crippen LogP) is 4.13. The van der Waals surface area contributed by atoms with Gasteiger partial charge in [-0.1, -0.05) is 12.1 Å². The second-order valence-electron chi connectivity index (χ2n) is 4.04. The molecule has 0 bridgehead atoms. The molecular weight excluding hydrogens is 276 g/mol. The van der Waals surface area contributed by atoms with E-state index in [0.717, 1.165) is 6.07 Å². The number of hydrogen-bond acceptors (Lipinski definition) is 2. The summed E-state index contributed by atoms with van der Waals surface area (Å²) in [5, 5.41) is 8.87. The van der Waals surface area contributed by atoms with Crippen molar-refractivity contribution in [1.82, 2.24) is 0 Å². The van der Waals surface area contributed by atoms with E-state index in [2.05, 4.69) is 0 Å². The monoisotopic (exact) mass is 286 g/mol. The van der Waals surface area contributed by atoms with E-state index in [1.807, 2.05) is 0 Å². The molecule has 0 spiro atoms. The van der Waals surface area contributed by atoms with Crippen LogP contribution in [0.15, 0.2) is 42.5 Å². The Morgan fingerprint density at radius 3 is 2.10 bits per heavy atom. The van der Waals surface area contributed by atoms with Crippen molar-refractivity contribution in [1.29, 1.82) is 0 Å². The molecule has 0 unspecified atom stereocenters. The molecule has 0 atom stereocenters. The minimum absolute atomic E-state index is 0.115. The fraction of sp³-hybridized carbons (Fsp3) is 0.143. The fourth-order valence-electron chi connectivity index (χ4n) is 1.58. The summed E-state index contributed by atoms with van der Waals surface area (Å²) in [4.78, 5) is 0. The maximum absolute atomic E-state index is 13.1. The number of ether oxygens (including phenoxy) is 1. The van der Waals surface area contributed by atoms with E-state index in [9.17, 15) is 17.6 Å². The van der Waals surface area contributed by atoms with Gasteiger partial charge < -0.3 is 9.84 Å². The summed E-state index contributed by atoms with van der Waals surface area (Å²) in [7, 11) is 0. The van der Waals surface area contributed by atoms with Crippen LogP contribution in [0, 0.1) is 5.82 Å². The Hall–Kier alpha value is -2.08. The standard InChI is InChI=1S/C14H10F4O2/c15-13-6-5-11(7-12(13)14(16,17)18)20-10-3-1-9(8-19)2-4-10/h1-7,19H,8H2. The SMILES string of the molecule is OCc1ccc(Oc2ccc(F)c(C(F)(F)F)c2)cc1. The van der Waals surface area contributed by atoms with Gasteiger partial charge in [-0.3, -0.25) is 0 Å². The number of rotatable bonds is 3. The van der Waals surface area contributed by atoms with E-state index in [1.165, 1.54) is 12.1 Å². The van der Waals surface area contributed by atoms with Crippen LogP contribution in [0.25, 0.3) is 0 Å². The average Bonchev–Trinajstić information content (AvgIpc) is 2.40. The number of aliphatic hydroxyl groups excluding tert-OH is 1. The second kappa shape index (κ2) is 5.50. The first-order valence-electron chi connectivity index (χ1n) is 5.64. The van der Waals surface area contributed by atoms with Crippen molar-refractivity contribution < 1.29 is 27.4 Å². The van der Waals surface area contributed by atoms with Gasteiger partial charge in [-0.15, -0.1) is 0 Å². The van der Waals surface area contributed by atoms with Crippen LogP contribution < -0.4 is 4.74 Å². The smallest absolute Gasteiger partial charge is 0.419 e. The lowest BCUT2D eigenvalue weighted by Gasteiger charge is -2.11. The molecule has 0 radical (unpaired) electrons. The van der Waals surface area contributed by atoms with Crippen LogP contribution in [0.2, 0.25) is 0 Å². The van der Waals surface area contributed by atoms with E-state index in [1.54, 1.807) is 12.1 Å². The summed E-state index contributed by atoms with van der Waals surface area (Å²) < 4.78 is 55.9. The molecule has 0 saturated carbocycles. The molecule has 1 N–H and O–H groups in total. The molecule has 2 nitrogen and oxygen atoms in total. The maximum Gasteiger partial charge on any atom is 0.419 e. The molecular formula is C14H10F4O2. The van der Waals surface area contributed by atoms with Gasteiger partial charge in [0, 0.05) is 0 Å². The van der Waals surface area contributed by atoms with Gasteiger partial charge in [0.25, 0.3) is 0 Å². The fourth-order valence-corrected chi connectivity index (χ4v) is 1.58. The van der Waals surface area contributed by atoms with E-state index in [0.29, 0.717) is 23.4 Å². The highest BCUT2D eigenvalue weighted by molar-refractivity contribution is 5.36. The molecule has 0 heterocycles. The van der Waals surface area contributed by atoms with E-state index in [4.69, 9.17) is 9.84 Å². The first-order chi connectivity index (χ1) is 9.40. The number of halogens is 4. The Labute approximate surface area is 112 Å². The zero-order chi connectivity index (χ0) is 14.8. The molecule has 0 amide bonds. The Morgan fingerprint density at radius 2 is 1.55 bits per heavy atom. The van der Waals surface area contributed by atoms with Gasteiger partial charge in [0.15, 0.2) is 0 Å². The van der Waals surface area contributed by atoms with Crippen molar-refractivity contribution in [3.63, 3.8) is 0 Å². The lowest BCUT2D eigenvalue weighted by atomic mass is 10.2. The maximum atomic E-state index is 13.1. The van der Waals surface area contributed by atoms with Gasteiger partial charge in [-0.2, -0.15) is 13.2 Å². The topological polar surface area (TPSA) is 29.5 Å². The molecule has 0 aliphatic carbocycles. The van der Waals surface area contributed by atoms with Crippen LogP contribution in [0.1, 0.15) is 11.1 Å². The number of benzene rings is 2. The van der Waals surface area contributed by atoms with Crippen molar-refractivity contribution in [3.8, 4) is 11.5 Å². The summed E-state index contributed by atoms with van der Waals surface area (Å²) >= 11 is 0. The minimum Gasteiger partial charge on any atom is -0.457 e. The molecule has 0 saturated heterocycles. The van der Waals surface area contributed by atoms with Crippen molar-refractivity contribution in [2.24, 2.45) is 0 Å². The Bertz CT molecular complexity index is 591. The summed E-state index contributed by atoms with van der Waals surface area (Å²) in [6, 6.07) is 8.58. The number of hydrogen-bond donors (Lipinski definition) is 1. The average molecular weight is 286 g/mol. The Kier molecular flexibility index (Phi) is 3.94. The first kappa shape index (κ1) is 14.3. The van der Waals surface area contributed by atoms with Crippen LogP contribution in [-0.4, -0.2) is 5.11 Å². The quantitative estimate of drug-likeness (QED) is 0.860. The molecule has 0 fully saturated rings. The predicted molar refractivity (Wildman–Crippen MR) is 63.8 cm³/mol. The zero-order valence-electron chi connectivity index (χ0n) is 10.1. The van der Waals surface area contributed by atoms with Crippen LogP contribution >= 0.6 is 0 Å². The van der Waals surface area contributed by atoms with Gasteiger partial charge in [0.05, 0.1) is 12.2 Å². The summed E-state index contributed by atoms with van der Waals surface area (Å²) in [6.07, 6.45) is -4.77. The molecule has 0 aliphatic heterocycles. The van der Waals surface area contributed by atoms with Crippen molar-refractivity contribution in [3.05, 3.63) is 59.4 Å². The van der Waals surface area contributed by atoms with Gasteiger partial charge in [-0.05, 0) is 35.9 Å². The van der Waals surface area contributed by atoms with Crippen LogP contribution in [0.3, 0.4) is 0 Å². The highest BCUT2D eigenvalue weighted by Crippen LogP contribution is 2.34. The molecule has 2 aromatic carbocycles. The Balaban J connectivity index is 2.25. The molecule has 0 aliphatic rings. The highest BCUT2D eigenvalue weighted by atomic mass is 19.4. The van der Waals surface area contributed by atoms with Crippen molar-refractivity contribution >= 4 is 0 Å². The molecule has 106 valence electrons. The largest absolute Gasteiger partial charge is 0.457 e. The normalized spacial score (nSPS) is 11.4. The lowest BCUT2D eigenvalue weighted by Crippen LogP contribution is -2.08. The molecule has 2 aromatic rings. The van der Waals surface area contributed by atoms with E-state index in [-0.39, 0.29) is 12.4 Å². The molecule has 6 heteroatoms. The minimum atomic E-state index is -4.77. The van der Waals surface area contributed by atoms with E-state index >= 15 is 0 Å². The van der Waals surface area contributed by atoms with Gasteiger partial charge in [0.2, 0.25) is 0 Å². The van der Waals surface area contributed by atoms with Crippen LogP contribution in [0.4, 0.5) is 17.6 Å². The second-order valence-corrected chi connectivity index (χ2v) is 4.04. The van der Waals surface area contributed by atoms with Gasteiger partial charge in [-0.25, -0.2) is 4.39 Å². The zero-order valence-corrected chi connectivity index (χ0v) is 10.1. The third kappa shape index (κ3) is 3.27. The first-order valence-corrected chi connectivity index (χ1v) is 5.64. The lowest BCUT2D eigenvalue weighted by molar-refractivity contribution is -0.140. The van der Waals surface area contributed by atoms with Crippen molar-refractivity contribution in [2.45, 2.75) is 12.8 Å². The summed E-state index contributed by atoms with van der Waals surface area (Å²) in [5.74, 6) is -1.17. The van der Waals surface area contributed by atoms with Crippen LogP contribution in [0.5, 0.6) is 11.5 Å². The van der Waals surface area contributed by atoms with E-state index < -0.39 is 17.6 Å². The Morgan fingerprint density at radius 1 is 0.950 bits per heavy atom.